The molecular formula is C25H39N3O7. The summed E-state index contributed by atoms with van der Waals surface area (Å²) < 4.78 is 15.3. The van der Waals surface area contributed by atoms with E-state index >= 15 is 0 Å². The van der Waals surface area contributed by atoms with Crippen LogP contribution in [0.4, 0.5) is 9.59 Å². The van der Waals surface area contributed by atoms with Gasteiger partial charge >= 0.3 is 18.2 Å². The van der Waals surface area contributed by atoms with E-state index in [0.717, 1.165) is 5.56 Å². The lowest BCUT2D eigenvalue weighted by atomic mass is 10.0. The number of esters is 1. The molecule has 3 amide bonds. The van der Waals surface area contributed by atoms with Gasteiger partial charge in [-0.25, -0.2) is 14.4 Å². The summed E-state index contributed by atoms with van der Waals surface area (Å²) >= 11 is 0. The Labute approximate surface area is 207 Å². The van der Waals surface area contributed by atoms with Gasteiger partial charge in [-0.3, -0.25) is 9.69 Å². The van der Waals surface area contributed by atoms with Gasteiger partial charge in [0.05, 0.1) is 7.11 Å². The Morgan fingerprint density at radius 1 is 1.06 bits per heavy atom. The maximum Gasteiger partial charge on any atom is 0.410 e. The van der Waals surface area contributed by atoms with Crippen molar-refractivity contribution in [3.63, 3.8) is 0 Å². The smallest absolute Gasteiger partial charge is 0.410 e. The summed E-state index contributed by atoms with van der Waals surface area (Å²) in [6.07, 6.45) is -0.887. The number of alkyl carbamates (subject to hydrolysis) is 1. The summed E-state index contributed by atoms with van der Waals surface area (Å²) in [6.45, 7) is 9.26. The molecule has 0 unspecified atom stereocenters. The van der Waals surface area contributed by atoms with Gasteiger partial charge in [0.2, 0.25) is 5.91 Å². The van der Waals surface area contributed by atoms with E-state index in [2.05, 4.69) is 10.6 Å². The van der Waals surface area contributed by atoms with Gasteiger partial charge in [-0.05, 0) is 45.1 Å². The molecule has 2 atom stereocenters. The minimum atomic E-state index is -1.02. The highest BCUT2D eigenvalue weighted by molar-refractivity contribution is 5.86. The number of carbonyl (C=O) groups is 4. The molecule has 0 aliphatic carbocycles. The number of likely N-dealkylation sites (N-methyl/N-ethyl adjacent to an activating group) is 1. The predicted molar refractivity (Wildman–Crippen MR) is 130 cm³/mol. The number of hydrogen-bond acceptors (Lipinski definition) is 7. The third-order valence-electron chi connectivity index (χ3n) is 4.87. The van der Waals surface area contributed by atoms with E-state index in [9.17, 15) is 19.2 Å². The first-order valence-electron chi connectivity index (χ1n) is 11.6. The molecule has 1 aromatic rings. The molecule has 10 nitrogen and oxygen atoms in total. The van der Waals surface area contributed by atoms with Crippen LogP contribution in [0.5, 0.6) is 0 Å². The molecule has 35 heavy (non-hydrogen) atoms. The largest absolute Gasteiger partial charge is 0.467 e. The van der Waals surface area contributed by atoms with Crippen LogP contribution in [0.2, 0.25) is 0 Å². The van der Waals surface area contributed by atoms with Gasteiger partial charge in [0.1, 0.15) is 24.3 Å². The van der Waals surface area contributed by atoms with Crippen molar-refractivity contribution in [3.05, 3.63) is 35.9 Å². The second-order valence-electron chi connectivity index (χ2n) is 9.60. The van der Waals surface area contributed by atoms with Crippen LogP contribution >= 0.6 is 0 Å². The molecule has 196 valence electrons. The molecule has 0 aliphatic heterocycles. The number of nitrogens with zero attached hydrogens (tertiary/aromatic N) is 1. The van der Waals surface area contributed by atoms with Gasteiger partial charge in [-0.1, -0.05) is 44.2 Å². The monoisotopic (exact) mass is 493 g/mol. The summed E-state index contributed by atoms with van der Waals surface area (Å²) in [5.74, 6) is -0.914. The zero-order valence-electron chi connectivity index (χ0n) is 21.8. The molecule has 0 bridgehead atoms. The number of ether oxygens (including phenoxy) is 3. The summed E-state index contributed by atoms with van der Waals surface area (Å²) in [6, 6.07) is 7.33. The van der Waals surface area contributed by atoms with Crippen LogP contribution in [0, 0.1) is 5.92 Å². The maximum atomic E-state index is 12.9. The fourth-order valence-corrected chi connectivity index (χ4v) is 3.10. The lowest BCUT2D eigenvalue weighted by Crippen LogP contribution is -2.50. The third-order valence-corrected chi connectivity index (χ3v) is 4.87. The first-order chi connectivity index (χ1) is 16.3. The van der Waals surface area contributed by atoms with Crippen molar-refractivity contribution in [3.8, 4) is 0 Å². The van der Waals surface area contributed by atoms with Crippen LogP contribution in [-0.2, 0) is 30.4 Å². The molecule has 0 fully saturated rings. The zero-order valence-corrected chi connectivity index (χ0v) is 21.8. The van der Waals surface area contributed by atoms with Crippen LogP contribution in [0.25, 0.3) is 0 Å². The zero-order chi connectivity index (χ0) is 26.6. The Morgan fingerprint density at radius 3 is 2.23 bits per heavy atom. The van der Waals surface area contributed by atoms with Crippen molar-refractivity contribution >= 4 is 24.1 Å². The minimum Gasteiger partial charge on any atom is -0.467 e. The quantitative estimate of drug-likeness (QED) is 0.358. The van der Waals surface area contributed by atoms with Gasteiger partial charge < -0.3 is 24.8 Å². The topological polar surface area (TPSA) is 123 Å². The number of rotatable bonds is 11. The van der Waals surface area contributed by atoms with Crippen LogP contribution in [0.1, 0.15) is 53.0 Å². The summed E-state index contributed by atoms with van der Waals surface area (Å²) in [5.41, 5.74) is 0.105. The Bertz CT molecular complexity index is 837. The summed E-state index contributed by atoms with van der Waals surface area (Å²) in [4.78, 5) is 51.0. The fourth-order valence-electron chi connectivity index (χ4n) is 3.10. The van der Waals surface area contributed by atoms with Crippen molar-refractivity contribution in [1.82, 2.24) is 15.5 Å². The molecule has 0 radical (unpaired) electrons. The number of hydrogen-bond donors (Lipinski definition) is 2. The van der Waals surface area contributed by atoms with Gasteiger partial charge in [0.25, 0.3) is 0 Å². The van der Waals surface area contributed by atoms with Gasteiger partial charge in [0, 0.05) is 13.6 Å². The SMILES string of the molecule is COC(=O)[C@H](CCNC(=O)[C@H](CC(C)C)N(C)C(=O)OC(C)(C)C)NC(=O)OCc1ccccc1. The van der Waals surface area contributed by atoms with E-state index in [0.29, 0.717) is 6.42 Å². The summed E-state index contributed by atoms with van der Waals surface area (Å²) in [7, 11) is 2.72. The summed E-state index contributed by atoms with van der Waals surface area (Å²) in [5, 5.41) is 5.21. The molecule has 0 aromatic heterocycles. The van der Waals surface area contributed by atoms with Crippen molar-refractivity contribution in [1.29, 1.82) is 0 Å². The molecule has 0 heterocycles. The highest BCUT2D eigenvalue weighted by atomic mass is 16.6. The Balaban J connectivity index is 2.69. The fraction of sp³-hybridized carbons (Fsp3) is 0.600. The van der Waals surface area contributed by atoms with E-state index in [1.165, 1.54) is 19.1 Å². The van der Waals surface area contributed by atoms with E-state index in [-0.39, 0.29) is 31.4 Å². The molecule has 10 heteroatoms. The highest BCUT2D eigenvalue weighted by Crippen LogP contribution is 2.15. The van der Waals surface area contributed by atoms with Crippen molar-refractivity contribution in [2.24, 2.45) is 5.92 Å². The number of carbonyl (C=O) groups excluding carboxylic acids is 4. The lowest BCUT2D eigenvalue weighted by Gasteiger charge is -2.31. The first kappa shape index (κ1) is 29.7. The molecule has 1 aromatic carbocycles. The van der Waals surface area contributed by atoms with Crippen molar-refractivity contribution in [2.75, 3.05) is 20.7 Å². The Morgan fingerprint density at radius 2 is 1.69 bits per heavy atom. The number of benzene rings is 1. The van der Waals surface area contributed by atoms with Gasteiger partial charge in [0.15, 0.2) is 0 Å². The Kier molecular flexibility index (Phi) is 12.0. The van der Waals surface area contributed by atoms with Crippen LogP contribution in [-0.4, -0.2) is 67.3 Å². The number of methoxy groups -OCH3 is 1. The lowest BCUT2D eigenvalue weighted by molar-refractivity contribution is -0.143. The van der Waals surface area contributed by atoms with Gasteiger partial charge in [-0.2, -0.15) is 0 Å². The highest BCUT2D eigenvalue weighted by Gasteiger charge is 2.31. The number of amides is 3. The third kappa shape index (κ3) is 11.6. The van der Waals surface area contributed by atoms with Crippen molar-refractivity contribution < 1.29 is 33.4 Å². The molecular weight excluding hydrogens is 454 g/mol. The standard InChI is InChI=1S/C25H39N3O7/c1-17(2)15-20(28(6)24(32)35-25(3,4)5)21(29)26-14-13-19(22(30)33-7)27-23(31)34-16-18-11-9-8-10-12-18/h8-12,17,19-20H,13-16H2,1-7H3,(H,26,29)(H,27,31)/t19-,20-/m0/s1. The van der Waals surface area contributed by atoms with Crippen LogP contribution in [0.15, 0.2) is 30.3 Å². The molecule has 0 aliphatic rings. The van der Waals surface area contributed by atoms with Crippen molar-refractivity contribution in [2.45, 2.75) is 71.8 Å². The Hall–Kier alpha value is -3.30. The molecule has 0 spiro atoms. The normalized spacial score (nSPS) is 12.8. The molecule has 0 saturated carbocycles. The minimum absolute atomic E-state index is 0.0468. The van der Waals surface area contributed by atoms with E-state index in [4.69, 9.17) is 14.2 Å². The second-order valence-corrected chi connectivity index (χ2v) is 9.60. The average molecular weight is 494 g/mol. The molecule has 1 rings (SSSR count). The van der Waals surface area contributed by atoms with Gasteiger partial charge in [-0.15, -0.1) is 0 Å². The van der Waals surface area contributed by atoms with Crippen LogP contribution in [0.3, 0.4) is 0 Å². The van der Waals surface area contributed by atoms with E-state index in [1.807, 2.05) is 44.2 Å². The predicted octanol–water partition coefficient (Wildman–Crippen LogP) is 3.24. The van der Waals surface area contributed by atoms with E-state index in [1.54, 1.807) is 20.8 Å². The second kappa shape index (κ2) is 14.2. The first-order valence-corrected chi connectivity index (χ1v) is 11.6. The van der Waals surface area contributed by atoms with Crippen LogP contribution < -0.4 is 10.6 Å². The maximum absolute atomic E-state index is 12.9. The molecule has 0 saturated heterocycles. The number of nitrogens with one attached hydrogen (secondary N) is 2. The molecule has 2 N–H and O–H groups in total. The van der Waals surface area contributed by atoms with E-state index < -0.39 is 35.8 Å². The average Bonchev–Trinajstić information content (AvgIpc) is 2.78.